The van der Waals surface area contributed by atoms with Crippen molar-refractivity contribution < 1.29 is 5.11 Å². The van der Waals surface area contributed by atoms with Crippen molar-refractivity contribution in [2.24, 2.45) is 0 Å². The highest BCUT2D eigenvalue weighted by Crippen LogP contribution is 2.42. The smallest absolute Gasteiger partial charge is 0.133 e. The minimum atomic E-state index is 0.314. The van der Waals surface area contributed by atoms with Crippen LogP contribution < -0.4 is 5.73 Å². The van der Waals surface area contributed by atoms with Gasteiger partial charge in [-0.25, -0.2) is 0 Å². The van der Waals surface area contributed by atoms with Gasteiger partial charge in [0.2, 0.25) is 0 Å². The van der Waals surface area contributed by atoms with Crippen LogP contribution in [0.25, 0.3) is 10.1 Å². The maximum Gasteiger partial charge on any atom is 0.133 e. The van der Waals surface area contributed by atoms with Gasteiger partial charge in [-0.2, -0.15) is 0 Å². The number of aromatic hydroxyl groups is 1. The molecule has 2 rings (SSSR count). The predicted octanol–water partition coefficient (Wildman–Crippen LogP) is 2.91. The van der Waals surface area contributed by atoms with E-state index in [-0.39, 0.29) is 0 Å². The third-order valence-electron chi connectivity index (χ3n) is 1.88. The maximum atomic E-state index is 9.55. The van der Waals surface area contributed by atoms with E-state index >= 15 is 0 Å². The van der Waals surface area contributed by atoms with Crippen molar-refractivity contribution in [3.05, 3.63) is 18.2 Å². The summed E-state index contributed by atoms with van der Waals surface area (Å²) in [6.07, 6.45) is 1.99. The van der Waals surface area contributed by atoms with Gasteiger partial charge in [-0.15, -0.1) is 23.1 Å². The average molecular weight is 211 g/mol. The summed E-state index contributed by atoms with van der Waals surface area (Å²) in [5.74, 6) is 0.314. The van der Waals surface area contributed by atoms with Gasteiger partial charge in [0.05, 0.1) is 4.70 Å². The van der Waals surface area contributed by atoms with Crippen LogP contribution >= 0.6 is 23.1 Å². The second kappa shape index (κ2) is 3.12. The quantitative estimate of drug-likeness (QED) is 0.713. The van der Waals surface area contributed by atoms with E-state index in [0.29, 0.717) is 5.75 Å². The number of phenols is 1. The number of thiophene rings is 1. The topological polar surface area (TPSA) is 46.2 Å². The molecule has 0 aliphatic carbocycles. The van der Waals surface area contributed by atoms with Crippen molar-refractivity contribution in [3.63, 3.8) is 0 Å². The molecule has 68 valence electrons. The zero-order valence-corrected chi connectivity index (χ0v) is 8.71. The van der Waals surface area contributed by atoms with Crippen molar-refractivity contribution >= 4 is 38.2 Å². The first kappa shape index (κ1) is 8.72. The standard InChI is InChI=1S/C9H9NOS2/c1-12-8-5-3-2-4-6(11)7(5)13-9(8)10/h2-4,11H,10H2,1H3. The molecular formula is C9H9NOS2. The molecule has 0 saturated carbocycles. The normalized spacial score (nSPS) is 10.8. The Morgan fingerprint density at radius 1 is 1.46 bits per heavy atom. The summed E-state index contributed by atoms with van der Waals surface area (Å²) in [4.78, 5) is 1.07. The SMILES string of the molecule is CSc1c(N)sc2c(O)cccc12. The Labute approximate surface area is 84.4 Å². The monoisotopic (exact) mass is 211 g/mol. The number of phenolic OH excluding ortho intramolecular Hbond substituents is 1. The molecule has 1 aromatic heterocycles. The summed E-state index contributed by atoms with van der Waals surface area (Å²) in [6, 6.07) is 5.50. The Kier molecular flexibility index (Phi) is 2.09. The van der Waals surface area contributed by atoms with Crippen LogP contribution in [0.1, 0.15) is 0 Å². The van der Waals surface area contributed by atoms with Crippen LogP contribution in [0.15, 0.2) is 23.1 Å². The number of hydrogen-bond donors (Lipinski definition) is 2. The lowest BCUT2D eigenvalue weighted by Gasteiger charge is -1.95. The Hall–Kier alpha value is -0.870. The minimum absolute atomic E-state index is 0.314. The number of rotatable bonds is 1. The second-order valence-electron chi connectivity index (χ2n) is 2.65. The number of hydrogen-bond acceptors (Lipinski definition) is 4. The molecule has 0 radical (unpaired) electrons. The molecular weight excluding hydrogens is 202 g/mol. The molecule has 3 N–H and O–H groups in total. The Morgan fingerprint density at radius 2 is 2.23 bits per heavy atom. The number of nitrogens with two attached hydrogens (primary N) is 1. The van der Waals surface area contributed by atoms with Crippen LogP contribution in [0.3, 0.4) is 0 Å². The third kappa shape index (κ3) is 1.26. The molecule has 4 heteroatoms. The van der Waals surface area contributed by atoms with Crippen LogP contribution in [0.2, 0.25) is 0 Å². The second-order valence-corrected chi connectivity index (χ2v) is 4.52. The van der Waals surface area contributed by atoms with Gasteiger partial charge in [0, 0.05) is 10.3 Å². The molecule has 0 spiro atoms. The largest absolute Gasteiger partial charge is 0.506 e. The fourth-order valence-corrected chi connectivity index (χ4v) is 3.22. The molecule has 0 fully saturated rings. The molecule has 0 aliphatic rings. The zero-order chi connectivity index (χ0) is 9.42. The molecule has 0 saturated heterocycles. The molecule has 0 bridgehead atoms. The Balaban J connectivity index is 2.86. The van der Waals surface area contributed by atoms with E-state index in [1.165, 1.54) is 11.3 Å². The van der Waals surface area contributed by atoms with E-state index in [2.05, 4.69) is 0 Å². The van der Waals surface area contributed by atoms with Gasteiger partial charge < -0.3 is 10.8 Å². The van der Waals surface area contributed by atoms with E-state index in [4.69, 9.17) is 5.73 Å². The number of nitrogen functional groups attached to an aromatic ring is 1. The van der Waals surface area contributed by atoms with Crippen LogP contribution in [0, 0.1) is 0 Å². The van der Waals surface area contributed by atoms with E-state index in [1.807, 2.05) is 18.4 Å². The molecule has 1 aromatic carbocycles. The molecule has 2 aromatic rings. The molecule has 0 aliphatic heterocycles. The summed E-state index contributed by atoms with van der Waals surface area (Å²) in [5.41, 5.74) is 5.82. The molecule has 0 amide bonds. The number of anilines is 1. The van der Waals surface area contributed by atoms with Gasteiger partial charge in [0.25, 0.3) is 0 Å². The van der Waals surface area contributed by atoms with Crippen LogP contribution in [0.5, 0.6) is 5.75 Å². The predicted molar refractivity (Wildman–Crippen MR) is 59.7 cm³/mol. The van der Waals surface area contributed by atoms with Crippen molar-refractivity contribution in [2.45, 2.75) is 4.90 Å². The maximum absolute atomic E-state index is 9.55. The number of benzene rings is 1. The summed E-state index contributed by atoms with van der Waals surface area (Å²) < 4.78 is 0.879. The van der Waals surface area contributed by atoms with Gasteiger partial charge in [-0.3, -0.25) is 0 Å². The van der Waals surface area contributed by atoms with E-state index in [9.17, 15) is 5.11 Å². The molecule has 0 atom stereocenters. The summed E-state index contributed by atoms with van der Waals surface area (Å²) in [6.45, 7) is 0. The molecule has 2 nitrogen and oxygen atoms in total. The fraction of sp³-hybridized carbons (Fsp3) is 0.111. The lowest BCUT2D eigenvalue weighted by molar-refractivity contribution is 0.482. The van der Waals surface area contributed by atoms with E-state index in [0.717, 1.165) is 20.0 Å². The number of thioether (sulfide) groups is 1. The highest BCUT2D eigenvalue weighted by molar-refractivity contribution is 7.99. The molecule has 13 heavy (non-hydrogen) atoms. The first-order chi connectivity index (χ1) is 6.24. The van der Waals surface area contributed by atoms with E-state index < -0.39 is 0 Å². The lowest BCUT2D eigenvalue weighted by Crippen LogP contribution is -1.79. The minimum Gasteiger partial charge on any atom is -0.506 e. The van der Waals surface area contributed by atoms with Gasteiger partial charge >= 0.3 is 0 Å². The Bertz CT molecular complexity index is 450. The Morgan fingerprint density at radius 3 is 2.92 bits per heavy atom. The van der Waals surface area contributed by atoms with Gasteiger partial charge in [0.15, 0.2) is 0 Å². The first-order valence-corrected chi connectivity index (χ1v) is 5.82. The van der Waals surface area contributed by atoms with Crippen molar-refractivity contribution in [3.8, 4) is 5.75 Å². The lowest BCUT2D eigenvalue weighted by atomic mass is 10.2. The average Bonchev–Trinajstić information content (AvgIpc) is 2.43. The zero-order valence-electron chi connectivity index (χ0n) is 7.07. The summed E-state index contributed by atoms with van der Waals surface area (Å²) in [5, 5.41) is 11.4. The van der Waals surface area contributed by atoms with Crippen LogP contribution in [-0.2, 0) is 0 Å². The highest BCUT2D eigenvalue weighted by Gasteiger charge is 2.10. The first-order valence-electron chi connectivity index (χ1n) is 3.78. The number of fused-ring (bicyclic) bond motifs is 1. The van der Waals surface area contributed by atoms with Crippen molar-refractivity contribution in [1.29, 1.82) is 0 Å². The van der Waals surface area contributed by atoms with Gasteiger partial charge in [-0.1, -0.05) is 12.1 Å². The van der Waals surface area contributed by atoms with E-state index in [1.54, 1.807) is 17.8 Å². The van der Waals surface area contributed by atoms with Crippen molar-refractivity contribution in [1.82, 2.24) is 0 Å². The molecule has 1 heterocycles. The third-order valence-corrected chi connectivity index (χ3v) is 3.91. The summed E-state index contributed by atoms with van der Waals surface area (Å²) >= 11 is 3.05. The van der Waals surface area contributed by atoms with Crippen LogP contribution in [0.4, 0.5) is 5.00 Å². The molecule has 0 unspecified atom stereocenters. The van der Waals surface area contributed by atoms with Gasteiger partial charge in [-0.05, 0) is 12.3 Å². The van der Waals surface area contributed by atoms with Crippen LogP contribution in [-0.4, -0.2) is 11.4 Å². The fourth-order valence-electron chi connectivity index (χ4n) is 1.31. The highest BCUT2D eigenvalue weighted by atomic mass is 32.2. The summed E-state index contributed by atoms with van der Waals surface area (Å²) in [7, 11) is 0. The van der Waals surface area contributed by atoms with Gasteiger partial charge in [0.1, 0.15) is 10.8 Å². The van der Waals surface area contributed by atoms with Crippen molar-refractivity contribution in [2.75, 3.05) is 12.0 Å².